The van der Waals surface area contributed by atoms with Crippen molar-refractivity contribution in [3.63, 3.8) is 0 Å². The molecule has 1 aliphatic heterocycles. The highest BCUT2D eigenvalue weighted by molar-refractivity contribution is 5.99. The SMILES string of the molecule is CCOc1ccc(NC(=O)COc2ccc(N3CC(C(=O)O)CC3=O)cc2)cc1. The van der Waals surface area contributed by atoms with Gasteiger partial charge in [0.2, 0.25) is 5.91 Å². The minimum absolute atomic E-state index is 0.000690. The Morgan fingerprint density at radius 1 is 1.07 bits per heavy atom. The molecule has 1 atom stereocenters. The van der Waals surface area contributed by atoms with E-state index in [2.05, 4.69) is 5.32 Å². The molecule has 0 spiro atoms. The zero-order valence-corrected chi connectivity index (χ0v) is 16.0. The lowest BCUT2D eigenvalue weighted by Gasteiger charge is -2.16. The Hall–Kier alpha value is -3.55. The van der Waals surface area contributed by atoms with Crippen LogP contribution in [0.5, 0.6) is 11.5 Å². The molecule has 2 aromatic carbocycles. The standard InChI is InChI=1S/C21H22N2O6/c1-2-28-17-7-3-15(4-8-17)22-19(24)13-29-18-9-5-16(6-10-18)23-12-14(21(26)27)11-20(23)25/h3-10,14H,2,11-13H2,1H3,(H,22,24)(H,26,27). The Labute approximate surface area is 168 Å². The van der Waals surface area contributed by atoms with Crippen molar-refractivity contribution in [2.45, 2.75) is 13.3 Å². The Morgan fingerprint density at radius 3 is 2.28 bits per heavy atom. The molecule has 2 amide bonds. The molecule has 3 rings (SSSR count). The smallest absolute Gasteiger partial charge is 0.308 e. The highest BCUT2D eigenvalue weighted by atomic mass is 16.5. The van der Waals surface area contributed by atoms with E-state index in [4.69, 9.17) is 14.6 Å². The Balaban J connectivity index is 1.50. The van der Waals surface area contributed by atoms with Crippen LogP contribution < -0.4 is 19.7 Å². The van der Waals surface area contributed by atoms with Gasteiger partial charge in [0.15, 0.2) is 6.61 Å². The van der Waals surface area contributed by atoms with Gasteiger partial charge in [0.25, 0.3) is 5.91 Å². The van der Waals surface area contributed by atoms with Gasteiger partial charge in [-0.25, -0.2) is 0 Å². The average Bonchev–Trinajstić information content (AvgIpc) is 3.11. The second-order valence-electron chi connectivity index (χ2n) is 6.53. The Bertz CT molecular complexity index is 879. The monoisotopic (exact) mass is 398 g/mol. The number of carboxylic acids is 1. The van der Waals surface area contributed by atoms with E-state index in [-0.39, 0.29) is 31.4 Å². The Kier molecular flexibility index (Phi) is 6.33. The van der Waals surface area contributed by atoms with Crippen LogP contribution in [0, 0.1) is 5.92 Å². The molecule has 2 aromatic rings. The number of carboxylic acid groups (broad SMARTS) is 1. The van der Waals surface area contributed by atoms with Crippen molar-refractivity contribution in [3.05, 3.63) is 48.5 Å². The minimum atomic E-state index is -0.973. The molecule has 8 heteroatoms. The predicted octanol–water partition coefficient (Wildman–Crippen LogP) is 2.54. The van der Waals surface area contributed by atoms with Gasteiger partial charge in [-0.1, -0.05) is 0 Å². The number of carbonyl (C=O) groups excluding carboxylic acids is 2. The molecule has 1 saturated heterocycles. The van der Waals surface area contributed by atoms with Crippen LogP contribution in [0.2, 0.25) is 0 Å². The minimum Gasteiger partial charge on any atom is -0.494 e. The summed E-state index contributed by atoms with van der Waals surface area (Å²) in [4.78, 5) is 36.5. The largest absolute Gasteiger partial charge is 0.494 e. The number of carbonyl (C=O) groups is 3. The Morgan fingerprint density at radius 2 is 1.69 bits per heavy atom. The number of nitrogens with zero attached hydrogens (tertiary/aromatic N) is 1. The summed E-state index contributed by atoms with van der Waals surface area (Å²) in [6, 6.07) is 13.6. The summed E-state index contributed by atoms with van der Waals surface area (Å²) in [7, 11) is 0. The van der Waals surface area contributed by atoms with E-state index < -0.39 is 11.9 Å². The third kappa shape index (κ3) is 5.25. The lowest BCUT2D eigenvalue weighted by Crippen LogP contribution is -2.25. The number of nitrogens with one attached hydrogen (secondary N) is 1. The molecule has 0 radical (unpaired) electrons. The zero-order chi connectivity index (χ0) is 20.8. The molecule has 1 unspecified atom stereocenters. The lowest BCUT2D eigenvalue weighted by molar-refractivity contribution is -0.141. The van der Waals surface area contributed by atoms with Crippen LogP contribution in [-0.4, -0.2) is 42.6 Å². The van der Waals surface area contributed by atoms with E-state index in [0.29, 0.717) is 23.7 Å². The van der Waals surface area contributed by atoms with Crippen molar-refractivity contribution in [2.75, 3.05) is 30.0 Å². The van der Waals surface area contributed by atoms with E-state index in [9.17, 15) is 14.4 Å². The van der Waals surface area contributed by atoms with Crippen molar-refractivity contribution in [3.8, 4) is 11.5 Å². The number of aliphatic carboxylic acids is 1. The summed E-state index contributed by atoms with van der Waals surface area (Å²) < 4.78 is 10.8. The fraction of sp³-hybridized carbons (Fsp3) is 0.286. The molecule has 1 fully saturated rings. The first-order chi connectivity index (χ1) is 14.0. The van der Waals surface area contributed by atoms with Gasteiger partial charge in [0, 0.05) is 24.3 Å². The van der Waals surface area contributed by atoms with Gasteiger partial charge in [0.05, 0.1) is 12.5 Å². The van der Waals surface area contributed by atoms with Crippen LogP contribution in [0.25, 0.3) is 0 Å². The van der Waals surface area contributed by atoms with Crippen molar-refractivity contribution in [1.82, 2.24) is 0 Å². The normalized spacial score (nSPS) is 15.8. The number of anilines is 2. The average molecular weight is 398 g/mol. The molecule has 1 aliphatic rings. The van der Waals surface area contributed by atoms with Crippen molar-refractivity contribution >= 4 is 29.2 Å². The van der Waals surface area contributed by atoms with Gasteiger partial charge in [-0.3, -0.25) is 14.4 Å². The first kappa shape index (κ1) is 20.2. The van der Waals surface area contributed by atoms with E-state index in [1.807, 2.05) is 6.92 Å². The van der Waals surface area contributed by atoms with Crippen molar-refractivity contribution in [2.24, 2.45) is 5.92 Å². The summed E-state index contributed by atoms with van der Waals surface area (Å²) in [5.41, 5.74) is 1.24. The fourth-order valence-corrected chi connectivity index (χ4v) is 2.99. The fourth-order valence-electron chi connectivity index (χ4n) is 2.99. The molecule has 152 valence electrons. The summed E-state index contributed by atoms with van der Waals surface area (Å²) in [6.07, 6.45) is -0.000690. The molecule has 2 N–H and O–H groups in total. The number of hydrogen-bond acceptors (Lipinski definition) is 5. The van der Waals surface area contributed by atoms with Crippen molar-refractivity contribution in [1.29, 1.82) is 0 Å². The maximum Gasteiger partial charge on any atom is 0.308 e. The third-order valence-electron chi connectivity index (χ3n) is 4.44. The van der Waals surface area contributed by atoms with Gasteiger partial charge in [0.1, 0.15) is 11.5 Å². The maximum atomic E-state index is 12.0. The molecule has 1 heterocycles. The van der Waals surface area contributed by atoms with Crippen LogP contribution in [-0.2, 0) is 14.4 Å². The quantitative estimate of drug-likeness (QED) is 0.708. The van der Waals surface area contributed by atoms with Gasteiger partial charge >= 0.3 is 5.97 Å². The van der Waals surface area contributed by atoms with Crippen LogP contribution in [0.15, 0.2) is 48.5 Å². The predicted molar refractivity (Wildman–Crippen MR) is 106 cm³/mol. The molecular formula is C21H22N2O6. The second-order valence-corrected chi connectivity index (χ2v) is 6.53. The third-order valence-corrected chi connectivity index (χ3v) is 4.44. The summed E-state index contributed by atoms with van der Waals surface area (Å²) in [5.74, 6) is -0.993. The number of rotatable bonds is 8. The highest BCUT2D eigenvalue weighted by Crippen LogP contribution is 2.27. The molecule has 0 aliphatic carbocycles. The first-order valence-corrected chi connectivity index (χ1v) is 9.25. The zero-order valence-electron chi connectivity index (χ0n) is 16.0. The van der Waals surface area contributed by atoms with E-state index >= 15 is 0 Å². The summed E-state index contributed by atoms with van der Waals surface area (Å²) in [5, 5.41) is 11.8. The van der Waals surface area contributed by atoms with Crippen LogP contribution in [0.4, 0.5) is 11.4 Å². The van der Waals surface area contributed by atoms with E-state index in [1.165, 1.54) is 4.90 Å². The molecular weight excluding hydrogens is 376 g/mol. The number of hydrogen-bond donors (Lipinski definition) is 2. The number of ether oxygens (including phenoxy) is 2. The first-order valence-electron chi connectivity index (χ1n) is 9.25. The molecule has 29 heavy (non-hydrogen) atoms. The second kappa shape index (κ2) is 9.09. The van der Waals surface area contributed by atoms with Crippen LogP contribution in [0.3, 0.4) is 0 Å². The van der Waals surface area contributed by atoms with Crippen molar-refractivity contribution < 1.29 is 29.0 Å². The van der Waals surface area contributed by atoms with Gasteiger partial charge in [-0.2, -0.15) is 0 Å². The van der Waals surface area contributed by atoms with Gasteiger partial charge < -0.3 is 24.8 Å². The maximum absolute atomic E-state index is 12.0. The number of benzene rings is 2. The molecule has 0 bridgehead atoms. The van der Waals surface area contributed by atoms with E-state index in [1.54, 1.807) is 48.5 Å². The van der Waals surface area contributed by atoms with E-state index in [0.717, 1.165) is 5.75 Å². The lowest BCUT2D eigenvalue weighted by atomic mass is 10.1. The molecule has 0 aromatic heterocycles. The number of amides is 2. The van der Waals surface area contributed by atoms with Crippen LogP contribution in [0.1, 0.15) is 13.3 Å². The topological polar surface area (TPSA) is 105 Å². The highest BCUT2D eigenvalue weighted by Gasteiger charge is 2.34. The summed E-state index contributed by atoms with van der Waals surface area (Å²) in [6.45, 7) is 2.45. The molecule has 8 nitrogen and oxygen atoms in total. The molecule has 0 saturated carbocycles. The van der Waals surface area contributed by atoms with Gasteiger partial charge in [-0.05, 0) is 55.5 Å². The van der Waals surface area contributed by atoms with Crippen LogP contribution >= 0.6 is 0 Å². The van der Waals surface area contributed by atoms with Gasteiger partial charge in [-0.15, -0.1) is 0 Å². The summed E-state index contributed by atoms with van der Waals surface area (Å²) >= 11 is 0.